The molecule has 1 unspecified atom stereocenters. The molecule has 2 heterocycles. The van der Waals surface area contributed by atoms with E-state index >= 15 is 0 Å². The molecular formula is C12H20N2OS. The van der Waals surface area contributed by atoms with E-state index in [-0.39, 0.29) is 0 Å². The maximum atomic E-state index is 5.74. The first-order chi connectivity index (χ1) is 7.88. The molecule has 1 fully saturated rings. The van der Waals surface area contributed by atoms with Gasteiger partial charge in [-0.05, 0) is 38.6 Å². The molecule has 0 saturated carbocycles. The Hall–Kier alpha value is -0.480. The van der Waals surface area contributed by atoms with E-state index in [2.05, 4.69) is 22.1 Å². The molecule has 16 heavy (non-hydrogen) atoms. The number of nitrogens with zero attached hydrogens (tertiary/aromatic N) is 1. The summed E-state index contributed by atoms with van der Waals surface area (Å²) in [7, 11) is 1.98. The van der Waals surface area contributed by atoms with Crippen molar-refractivity contribution in [3.8, 4) is 0 Å². The van der Waals surface area contributed by atoms with Crippen LogP contribution < -0.4 is 5.32 Å². The van der Waals surface area contributed by atoms with Crippen LogP contribution in [-0.4, -0.2) is 29.6 Å². The molecular weight excluding hydrogens is 220 g/mol. The zero-order valence-corrected chi connectivity index (χ0v) is 10.7. The Morgan fingerprint density at radius 1 is 1.62 bits per heavy atom. The van der Waals surface area contributed by atoms with Gasteiger partial charge in [0.1, 0.15) is 5.76 Å². The van der Waals surface area contributed by atoms with Gasteiger partial charge in [-0.25, -0.2) is 4.98 Å². The molecule has 1 aliphatic heterocycles. The Morgan fingerprint density at radius 3 is 3.31 bits per heavy atom. The van der Waals surface area contributed by atoms with Crippen LogP contribution in [0.3, 0.4) is 0 Å². The molecule has 1 atom stereocenters. The fourth-order valence-electron chi connectivity index (χ4n) is 2.00. The molecule has 1 aliphatic rings. The Morgan fingerprint density at radius 2 is 2.56 bits per heavy atom. The largest absolute Gasteiger partial charge is 0.446 e. The summed E-state index contributed by atoms with van der Waals surface area (Å²) in [5.74, 6) is 3.27. The molecule has 0 aliphatic carbocycles. The van der Waals surface area contributed by atoms with Crippen LogP contribution in [0, 0.1) is 0 Å². The first-order valence-electron chi connectivity index (χ1n) is 6.08. The SMILES string of the molecule is CNCCCc1cnc(CC2CCCS2)o1. The van der Waals surface area contributed by atoms with Crippen molar-refractivity contribution in [2.24, 2.45) is 0 Å². The first-order valence-corrected chi connectivity index (χ1v) is 7.13. The van der Waals surface area contributed by atoms with Crippen molar-refractivity contribution in [1.82, 2.24) is 10.3 Å². The van der Waals surface area contributed by atoms with E-state index in [1.165, 1.54) is 18.6 Å². The second-order valence-corrected chi connectivity index (χ2v) is 5.67. The smallest absolute Gasteiger partial charge is 0.195 e. The summed E-state index contributed by atoms with van der Waals surface area (Å²) in [6.07, 6.45) is 7.68. The highest BCUT2D eigenvalue weighted by Gasteiger charge is 2.18. The average Bonchev–Trinajstić information content (AvgIpc) is 2.91. The number of hydrogen-bond donors (Lipinski definition) is 1. The quantitative estimate of drug-likeness (QED) is 0.774. The van der Waals surface area contributed by atoms with E-state index in [1.54, 1.807) is 0 Å². The number of aryl methyl sites for hydroxylation is 1. The van der Waals surface area contributed by atoms with Crippen LogP contribution in [0.4, 0.5) is 0 Å². The monoisotopic (exact) mass is 240 g/mol. The van der Waals surface area contributed by atoms with Gasteiger partial charge in [-0.1, -0.05) is 0 Å². The number of aromatic nitrogens is 1. The summed E-state index contributed by atoms with van der Waals surface area (Å²) in [4.78, 5) is 4.36. The molecule has 0 aromatic carbocycles. The summed E-state index contributed by atoms with van der Waals surface area (Å²) < 4.78 is 5.74. The van der Waals surface area contributed by atoms with Crippen molar-refractivity contribution in [2.45, 2.75) is 37.4 Å². The highest BCUT2D eigenvalue weighted by atomic mass is 32.2. The van der Waals surface area contributed by atoms with Crippen LogP contribution >= 0.6 is 11.8 Å². The van der Waals surface area contributed by atoms with Crippen LogP contribution in [0.5, 0.6) is 0 Å². The Kier molecular flexibility index (Phi) is 4.72. The lowest BCUT2D eigenvalue weighted by Crippen LogP contribution is -2.08. The molecule has 4 heteroatoms. The highest BCUT2D eigenvalue weighted by Crippen LogP contribution is 2.28. The van der Waals surface area contributed by atoms with Gasteiger partial charge in [-0.15, -0.1) is 0 Å². The Labute approximate surface area is 101 Å². The summed E-state index contributed by atoms with van der Waals surface area (Å²) in [5.41, 5.74) is 0. The molecule has 1 N–H and O–H groups in total. The van der Waals surface area contributed by atoms with Crippen molar-refractivity contribution in [3.63, 3.8) is 0 Å². The van der Waals surface area contributed by atoms with Crippen LogP contribution in [0.15, 0.2) is 10.6 Å². The summed E-state index contributed by atoms with van der Waals surface area (Å²) in [6, 6.07) is 0. The summed E-state index contributed by atoms with van der Waals surface area (Å²) in [6.45, 7) is 1.04. The normalized spacial score (nSPS) is 20.4. The van der Waals surface area contributed by atoms with E-state index in [1.807, 2.05) is 13.2 Å². The van der Waals surface area contributed by atoms with Gasteiger partial charge >= 0.3 is 0 Å². The minimum absolute atomic E-state index is 0.740. The molecule has 0 spiro atoms. The van der Waals surface area contributed by atoms with Gasteiger partial charge < -0.3 is 9.73 Å². The van der Waals surface area contributed by atoms with Crippen LogP contribution in [-0.2, 0) is 12.8 Å². The second-order valence-electron chi connectivity index (χ2n) is 4.27. The molecule has 2 rings (SSSR count). The van der Waals surface area contributed by atoms with Gasteiger partial charge in [-0.3, -0.25) is 0 Å². The first kappa shape index (κ1) is 12.0. The number of oxazole rings is 1. The lowest BCUT2D eigenvalue weighted by atomic mass is 10.2. The zero-order valence-electron chi connectivity index (χ0n) is 9.87. The van der Waals surface area contributed by atoms with E-state index in [0.717, 1.165) is 42.7 Å². The van der Waals surface area contributed by atoms with E-state index in [9.17, 15) is 0 Å². The van der Waals surface area contributed by atoms with Crippen molar-refractivity contribution in [2.75, 3.05) is 19.3 Å². The van der Waals surface area contributed by atoms with Gasteiger partial charge in [0.25, 0.3) is 0 Å². The highest BCUT2D eigenvalue weighted by molar-refractivity contribution is 8.00. The van der Waals surface area contributed by atoms with Crippen molar-refractivity contribution in [3.05, 3.63) is 17.8 Å². The van der Waals surface area contributed by atoms with Crippen LogP contribution in [0.1, 0.15) is 30.9 Å². The van der Waals surface area contributed by atoms with E-state index < -0.39 is 0 Å². The van der Waals surface area contributed by atoms with Crippen molar-refractivity contribution in [1.29, 1.82) is 0 Å². The third-order valence-electron chi connectivity index (χ3n) is 2.88. The third-order valence-corrected chi connectivity index (χ3v) is 4.28. The standard InChI is InChI=1S/C12H20N2OS/c1-13-6-2-4-10-9-14-12(15-10)8-11-5-3-7-16-11/h9,11,13H,2-8H2,1H3. The summed E-state index contributed by atoms with van der Waals surface area (Å²) >= 11 is 2.06. The van der Waals surface area contributed by atoms with Crippen LogP contribution in [0.25, 0.3) is 0 Å². The molecule has 1 saturated heterocycles. The molecule has 1 aromatic heterocycles. The fourth-order valence-corrected chi connectivity index (χ4v) is 3.26. The predicted octanol–water partition coefficient (Wildman–Crippen LogP) is 2.26. The average molecular weight is 240 g/mol. The Balaban J connectivity index is 1.77. The van der Waals surface area contributed by atoms with Crippen molar-refractivity contribution >= 4 is 11.8 Å². The topological polar surface area (TPSA) is 38.1 Å². The molecule has 90 valence electrons. The van der Waals surface area contributed by atoms with Crippen molar-refractivity contribution < 1.29 is 4.42 Å². The van der Waals surface area contributed by atoms with Gasteiger partial charge in [0, 0.05) is 18.1 Å². The molecule has 0 radical (unpaired) electrons. The van der Waals surface area contributed by atoms with Gasteiger partial charge in [0.2, 0.25) is 0 Å². The van der Waals surface area contributed by atoms with E-state index in [4.69, 9.17) is 4.42 Å². The second kappa shape index (κ2) is 6.30. The van der Waals surface area contributed by atoms with Crippen LogP contribution in [0.2, 0.25) is 0 Å². The fraction of sp³-hybridized carbons (Fsp3) is 0.750. The van der Waals surface area contributed by atoms with Gasteiger partial charge in [0.05, 0.1) is 6.20 Å². The number of nitrogens with one attached hydrogen (secondary N) is 1. The lowest BCUT2D eigenvalue weighted by Gasteiger charge is -2.03. The zero-order chi connectivity index (χ0) is 11.2. The maximum absolute atomic E-state index is 5.74. The van der Waals surface area contributed by atoms with Gasteiger partial charge in [0.15, 0.2) is 5.89 Å². The molecule has 0 bridgehead atoms. The molecule has 1 aromatic rings. The maximum Gasteiger partial charge on any atom is 0.195 e. The third kappa shape index (κ3) is 3.52. The Bertz CT molecular complexity index is 308. The predicted molar refractivity (Wildman–Crippen MR) is 67.9 cm³/mol. The minimum atomic E-state index is 0.740. The van der Waals surface area contributed by atoms with E-state index in [0.29, 0.717) is 0 Å². The summed E-state index contributed by atoms with van der Waals surface area (Å²) in [5, 5.41) is 3.88. The number of thioether (sulfide) groups is 1. The molecule has 3 nitrogen and oxygen atoms in total. The lowest BCUT2D eigenvalue weighted by molar-refractivity contribution is 0.445. The minimum Gasteiger partial charge on any atom is -0.446 e. The molecule has 0 amide bonds. The van der Waals surface area contributed by atoms with Gasteiger partial charge in [-0.2, -0.15) is 11.8 Å². The number of rotatable bonds is 6. The number of hydrogen-bond acceptors (Lipinski definition) is 4.